The van der Waals surface area contributed by atoms with Gasteiger partial charge in [-0.25, -0.2) is 4.79 Å². The normalized spacial score (nSPS) is 14.1. The second-order valence-electron chi connectivity index (χ2n) is 10.00. The van der Waals surface area contributed by atoms with E-state index < -0.39 is 66.1 Å². The summed E-state index contributed by atoms with van der Waals surface area (Å²) < 4.78 is 0. The van der Waals surface area contributed by atoms with E-state index in [1.165, 1.54) is 0 Å². The molecule has 1 aromatic carbocycles. The Morgan fingerprint density at radius 3 is 2.08 bits per heavy atom. The van der Waals surface area contributed by atoms with Crippen molar-refractivity contribution in [3.8, 4) is 0 Å². The number of hydrogen-bond donors (Lipinski definition) is 8. The molecule has 2 rings (SSSR count). The lowest BCUT2D eigenvalue weighted by atomic mass is 10.0. The van der Waals surface area contributed by atoms with E-state index in [0.29, 0.717) is 0 Å². The van der Waals surface area contributed by atoms with Gasteiger partial charge in [0.05, 0.1) is 12.5 Å². The van der Waals surface area contributed by atoms with Gasteiger partial charge in [-0.05, 0) is 36.8 Å². The number of amides is 5. The van der Waals surface area contributed by atoms with Crippen LogP contribution in [0.5, 0.6) is 0 Å². The number of aromatic nitrogens is 1. The lowest BCUT2D eigenvalue weighted by molar-refractivity contribution is -0.144. The molecule has 14 heteroatoms. The van der Waals surface area contributed by atoms with Gasteiger partial charge >= 0.3 is 5.97 Å². The zero-order chi connectivity index (χ0) is 30.0. The largest absolute Gasteiger partial charge is 0.480 e. The molecule has 40 heavy (non-hydrogen) atoms. The van der Waals surface area contributed by atoms with Gasteiger partial charge < -0.3 is 43.2 Å². The number of hydrogen-bond acceptors (Lipinski definition) is 7. The van der Waals surface area contributed by atoms with Crippen molar-refractivity contribution >= 4 is 46.4 Å². The SMILES string of the molecule is CC(C)CC(NC(=O)C(N)Cc1c[nH]c2ccccc12)C(=O)NC(CCC(N)=O)C(=O)NC(CC(N)=O)C(=O)O. The lowest BCUT2D eigenvalue weighted by Gasteiger charge is -2.26. The van der Waals surface area contributed by atoms with E-state index in [9.17, 15) is 33.9 Å². The van der Waals surface area contributed by atoms with Crippen LogP contribution in [0.15, 0.2) is 30.5 Å². The number of para-hydroxylation sites is 1. The molecule has 11 N–H and O–H groups in total. The van der Waals surface area contributed by atoms with Crippen LogP contribution in [0.25, 0.3) is 10.9 Å². The number of nitrogens with one attached hydrogen (secondary N) is 4. The minimum absolute atomic E-state index is 0.0502. The van der Waals surface area contributed by atoms with Crippen molar-refractivity contribution in [2.45, 2.75) is 70.1 Å². The molecule has 0 saturated heterocycles. The summed E-state index contributed by atoms with van der Waals surface area (Å²) in [4.78, 5) is 76.2. The zero-order valence-electron chi connectivity index (χ0n) is 22.4. The third kappa shape index (κ3) is 9.69. The number of carbonyl (C=O) groups excluding carboxylic acids is 5. The lowest BCUT2D eigenvalue weighted by Crippen LogP contribution is -2.57. The summed E-state index contributed by atoms with van der Waals surface area (Å²) in [5.74, 6) is -5.58. The van der Waals surface area contributed by atoms with Crippen LogP contribution in [0.4, 0.5) is 0 Å². The fourth-order valence-electron chi connectivity index (χ4n) is 4.11. The quantitative estimate of drug-likeness (QED) is 0.123. The number of carbonyl (C=O) groups is 6. The second kappa shape index (κ2) is 14.6. The summed E-state index contributed by atoms with van der Waals surface area (Å²) >= 11 is 0. The van der Waals surface area contributed by atoms with Gasteiger partial charge in [-0.15, -0.1) is 0 Å². The molecule has 1 heterocycles. The average molecular weight is 560 g/mol. The Balaban J connectivity index is 2.15. The fourth-order valence-corrected chi connectivity index (χ4v) is 4.11. The van der Waals surface area contributed by atoms with Gasteiger partial charge in [0.15, 0.2) is 0 Å². The Kier molecular flexibility index (Phi) is 11.6. The van der Waals surface area contributed by atoms with Crippen LogP contribution < -0.4 is 33.2 Å². The predicted molar refractivity (Wildman–Crippen MR) is 145 cm³/mol. The first kappa shape index (κ1) is 31.8. The van der Waals surface area contributed by atoms with Crippen LogP contribution in [0, 0.1) is 5.92 Å². The number of carboxylic acids is 1. The van der Waals surface area contributed by atoms with Gasteiger partial charge in [-0.1, -0.05) is 32.0 Å². The van der Waals surface area contributed by atoms with Crippen LogP contribution in [0.3, 0.4) is 0 Å². The molecule has 0 fully saturated rings. The van der Waals surface area contributed by atoms with E-state index in [1.54, 1.807) is 6.20 Å². The van der Waals surface area contributed by atoms with Crippen LogP contribution >= 0.6 is 0 Å². The Morgan fingerprint density at radius 1 is 0.875 bits per heavy atom. The van der Waals surface area contributed by atoms with Crippen LogP contribution in [-0.2, 0) is 35.2 Å². The number of nitrogens with two attached hydrogens (primary N) is 3. The van der Waals surface area contributed by atoms with E-state index in [1.807, 2.05) is 38.1 Å². The number of fused-ring (bicyclic) bond motifs is 1. The Bertz CT molecular complexity index is 1240. The van der Waals surface area contributed by atoms with Gasteiger partial charge in [0.25, 0.3) is 0 Å². The minimum Gasteiger partial charge on any atom is -0.480 e. The molecule has 5 amide bonds. The summed E-state index contributed by atoms with van der Waals surface area (Å²) in [6, 6.07) is 2.42. The standard InChI is InChI=1S/C26H37N7O7/c1-13(2)9-19(32-23(36)16(27)10-14-12-30-17-6-4-3-5-15(14)17)25(38)31-18(7-8-21(28)34)24(37)33-20(26(39)40)11-22(29)35/h3-6,12-13,16,18-20,30H,7-11,27H2,1-2H3,(H2,28,34)(H2,29,35)(H,31,38)(H,32,36)(H,33,37)(H,39,40). The van der Waals surface area contributed by atoms with Crippen molar-refractivity contribution in [1.29, 1.82) is 0 Å². The van der Waals surface area contributed by atoms with E-state index in [2.05, 4.69) is 20.9 Å². The number of aliphatic carboxylic acids is 1. The molecule has 0 aliphatic rings. The number of primary amides is 2. The number of benzene rings is 1. The van der Waals surface area contributed by atoms with Crippen molar-refractivity contribution in [1.82, 2.24) is 20.9 Å². The van der Waals surface area contributed by atoms with E-state index in [0.717, 1.165) is 16.5 Å². The molecule has 4 atom stereocenters. The maximum Gasteiger partial charge on any atom is 0.326 e. The summed E-state index contributed by atoms with van der Waals surface area (Å²) in [6.07, 6.45) is 0.923. The summed E-state index contributed by atoms with van der Waals surface area (Å²) in [7, 11) is 0. The highest BCUT2D eigenvalue weighted by Gasteiger charge is 2.31. The fraction of sp³-hybridized carbons (Fsp3) is 0.462. The van der Waals surface area contributed by atoms with Crippen molar-refractivity contribution < 1.29 is 33.9 Å². The number of rotatable bonds is 16. The summed E-state index contributed by atoms with van der Waals surface area (Å²) in [5.41, 5.74) is 18.1. The van der Waals surface area contributed by atoms with Crippen molar-refractivity contribution in [3.05, 3.63) is 36.0 Å². The Hall–Kier alpha value is -4.46. The maximum absolute atomic E-state index is 13.2. The molecule has 1 aromatic heterocycles. The Morgan fingerprint density at radius 2 is 1.48 bits per heavy atom. The smallest absolute Gasteiger partial charge is 0.326 e. The Labute approximate surface area is 230 Å². The van der Waals surface area contributed by atoms with Gasteiger partial charge in [0, 0.05) is 23.5 Å². The molecular weight excluding hydrogens is 522 g/mol. The highest BCUT2D eigenvalue weighted by Crippen LogP contribution is 2.19. The summed E-state index contributed by atoms with van der Waals surface area (Å²) in [6.45, 7) is 3.66. The van der Waals surface area contributed by atoms with Gasteiger partial charge in [-0.2, -0.15) is 0 Å². The predicted octanol–water partition coefficient (Wildman–Crippen LogP) is -1.24. The summed E-state index contributed by atoms with van der Waals surface area (Å²) in [5, 5.41) is 17.5. The zero-order valence-corrected chi connectivity index (χ0v) is 22.4. The van der Waals surface area contributed by atoms with Gasteiger partial charge in [0.1, 0.15) is 18.1 Å². The molecule has 2 aromatic rings. The number of carboxylic acid groups (broad SMARTS) is 1. The van der Waals surface area contributed by atoms with E-state index in [4.69, 9.17) is 17.2 Å². The third-order valence-corrected chi connectivity index (χ3v) is 6.12. The molecule has 14 nitrogen and oxygen atoms in total. The molecule has 0 aliphatic carbocycles. The van der Waals surface area contributed by atoms with Gasteiger partial charge in [0.2, 0.25) is 29.5 Å². The average Bonchev–Trinajstić information content (AvgIpc) is 3.27. The number of H-pyrrole nitrogens is 1. The molecule has 0 spiro atoms. The van der Waals surface area contributed by atoms with E-state index >= 15 is 0 Å². The molecule has 0 bridgehead atoms. The molecule has 218 valence electrons. The highest BCUT2D eigenvalue weighted by molar-refractivity contribution is 5.95. The van der Waals surface area contributed by atoms with Gasteiger partial charge in [-0.3, -0.25) is 24.0 Å². The van der Waals surface area contributed by atoms with Crippen LogP contribution in [0.2, 0.25) is 0 Å². The molecule has 0 radical (unpaired) electrons. The molecular formula is C26H37N7O7. The third-order valence-electron chi connectivity index (χ3n) is 6.12. The first-order chi connectivity index (χ1) is 18.8. The van der Waals surface area contributed by atoms with Crippen LogP contribution in [-0.4, -0.2) is 69.8 Å². The first-order valence-corrected chi connectivity index (χ1v) is 12.8. The second-order valence-corrected chi connectivity index (χ2v) is 10.00. The topological polar surface area (TPSA) is 253 Å². The number of aromatic amines is 1. The van der Waals surface area contributed by atoms with Crippen molar-refractivity contribution in [2.75, 3.05) is 0 Å². The highest BCUT2D eigenvalue weighted by atomic mass is 16.4. The maximum atomic E-state index is 13.2. The molecule has 4 unspecified atom stereocenters. The molecule has 0 aliphatic heterocycles. The first-order valence-electron chi connectivity index (χ1n) is 12.8. The minimum atomic E-state index is -1.65. The molecule has 0 saturated carbocycles. The van der Waals surface area contributed by atoms with Crippen LogP contribution in [0.1, 0.15) is 45.1 Å². The van der Waals surface area contributed by atoms with E-state index in [-0.39, 0.29) is 31.6 Å². The van der Waals surface area contributed by atoms with Crippen molar-refractivity contribution in [2.24, 2.45) is 23.1 Å². The monoisotopic (exact) mass is 559 g/mol. The van der Waals surface area contributed by atoms with Crippen molar-refractivity contribution in [3.63, 3.8) is 0 Å².